The lowest BCUT2D eigenvalue weighted by Gasteiger charge is -2.21. The molecule has 1 aliphatic rings. The molecule has 5 heteroatoms. The molecular weight excluding hydrogens is 336 g/mol. The monoisotopic (exact) mass is 360 g/mol. The van der Waals surface area contributed by atoms with E-state index in [1.54, 1.807) is 0 Å². The molecule has 0 bridgehead atoms. The number of thiophene rings is 1. The van der Waals surface area contributed by atoms with E-state index in [1.807, 2.05) is 11.3 Å². The first-order valence-electron chi connectivity index (χ1n) is 7.33. The topological polar surface area (TPSA) is 24.5 Å². The molecule has 1 aromatic rings. The van der Waals surface area contributed by atoms with Gasteiger partial charge in [0.2, 0.25) is 0 Å². The first kappa shape index (κ1) is 16.4. The predicted octanol–water partition coefficient (Wildman–Crippen LogP) is 3.49. The van der Waals surface area contributed by atoms with Crippen molar-refractivity contribution in [1.29, 1.82) is 0 Å². The summed E-state index contributed by atoms with van der Waals surface area (Å²) >= 11 is 5.32. The number of hydrogen-bond acceptors (Lipinski definition) is 4. The van der Waals surface area contributed by atoms with E-state index in [4.69, 9.17) is 4.74 Å². The lowest BCUT2D eigenvalue weighted by atomic mass is 10.2. The molecule has 114 valence electrons. The SMILES string of the molecule is CC(C)NCC1CCC(CN(C)Cc2cc(Br)cs2)O1. The molecule has 2 heterocycles. The van der Waals surface area contributed by atoms with Crippen LogP contribution in [-0.2, 0) is 11.3 Å². The maximum Gasteiger partial charge on any atom is 0.0707 e. The zero-order valence-electron chi connectivity index (χ0n) is 12.6. The molecule has 20 heavy (non-hydrogen) atoms. The van der Waals surface area contributed by atoms with Gasteiger partial charge in [0.1, 0.15) is 0 Å². The minimum Gasteiger partial charge on any atom is -0.372 e. The number of ether oxygens (including phenoxy) is 1. The van der Waals surface area contributed by atoms with Gasteiger partial charge in [0.25, 0.3) is 0 Å². The first-order chi connectivity index (χ1) is 9.52. The van der Waals surface area contributed by atoms with Crippen molar-refractivity contribution < 1.29 is 4.74 Å². The highest BCUT2D eigenvalue weighted by Crippen LogP contribution is 2.23. The Labute approximate surface area is 134 Å². The summed E-state index contributed by atoms with van der Waals surface area (Å²) < 4.78 is 7.30. The van der Waals surface area contributed by atoms with Gasteiger partial charge >= 0.3 is 0 Å². The quantitative estimate of drug-likeness (QED) is 0.805. The third kappa shape index (κ3) is 5.45. The molecule has 3 nitrogen and oxygen atoms in total. The third-order valence-corrected chi connectivity index (χ3v) is 5.19. The van der Waals surface area contributed by atoms with Crippen LogP contribution in [0.15, 0.2) is 15.9 Å². The Hall–Kier alpha value is 0.0600. The van der Waals surface area contributed by atoms with Crippen LogP contribution in [0.3, 0.4) is 0 Å². The average Bonchev–Trinajstić information content (AvgIpc) is 2.96. The van der Waals surface area contributed by atoms with Crippen LogP contribution in [-0.4, -0.2) is 43.3 Å². The molecule has 0 spiro atoms. The van der Waals surface area contributed by atoms with Gasteiger partial charge in [-0.05, 0) is 41.9 Å². The minimum atomic E-state index is 0.391. The highest BCUT2D eigenvalue weighted by atomic mass is 79.9. The van der Waals surface area contributed by atoms with Crippen molar-refractivity contribution in [2.45, 2.75) is 51.5 Å². The molecule has 2 unspecified atom stereocenters. The molecular formula is C15H25BrN2OS. The average molecular weight is 361 g/mol. The lowest BCUT2D eigenvalue weighted by Crippen LogP contribution is -2.34. The number of halogens is 1. The van der Waals surface area contributed by atoms with Crippen molar-refractivity contribution in [2.75, 3.05) is 20.1 Å². The van der Waals surface area contributed by atoms with Crippen LogP contribution in [0.5, 0.6) is 0 Å². The highest BCUT2D eigenvalue weighted by molar-refractivity contribution is 9.10. The summed E-state index contributed by atoms with van der Waals surface area (Å²) in [4.78, 5) is 3.76. The molecule has 0 aliphatic carbocycles. The van der Waals surface area contributed by atoms with Crippen LogP contribution < -0.4 is 5.32 Å². The van der Waals surface area contributed by atoms with E-state index in [2.05, 4.69) is 58.5 Å². The lowest BCUT2D eigenvalue weighted by molar-refractivity contribution is 0.0261. The van der Waals surface area contributed by atoms with Crippen LogP contribution in [0, 0.1) is 0 Å². The van der Waals surface area contributed by atoms with Crippen molar-refractivity contribution in [1.82, 2.24) is 10.2 Å². The minimum absolute atomic E-state index is 0.391. The molecule has 1 N–H and O–H groups in total. The van der Waals surface area contributed by atoms with Gasteiger partial charge in [0.15, 0.2) is 0 Å². The van der Waals surface area contributed by atoms with Gasteiger partial charge in [-0.2, -0.15) is 0 Å². The summed E-state index contributed by atoms with van der Waals surface area (Å²) in [7, 11) is 2.18. The summed E-state index contributed by atoms with van der Waals surface area (Å²) in [5.41, 5.74) is 0. The number of nitrogens with zero attached hydrogens (tertiary/aromatic N) is 1. The fourth-order valence-electron chi connectivity index (χ4n) is 2.55. The maximum absolute atomic E-state index is 6.12. The van der Waals surface area contributed by atoms with Crippen molar-refractivity contribution in [3.63, 3.8) is 0 Å². The van der Waals surface area contributed by atoms with Crippen LogP contribution in [0.4, 0.5) is 0 Å². The molecule has 0 amide bonds. The van der Waals surface area contributed by atoms with E-state index < -0.39 is 0 Å². The predicted molar refractivity (Wildman–Crippen MR) is 89.4 cm³/mol. The second-order valence-corrected chi connectivity index (χ2v) is 7.86. The van der Waals surface area contributed by atoms with E-state index in [0.29, 0.717) is 18.2 Å². The Kier molecular flexibility index (Phi) is 6.49. The first-order valence-corrected chi connectivity index (χ1v) is 9.00. The molecule has 2 atom stereocenters. The zero-order valence-corrected chi connectivity index (χ0v) is 15.0. The fraction of sp³-hybridized carbons (Fsp3) is 0.733. The Balaban J connectivity index is 1.69. The Morgan fingerprint density at radius 1 is 1.45 bits per heavy atom. The molecule has 1 saturated heterocycles. The van der Waals surface area contributed by atoms with Gasteiger partial charge in [0.05, 0.1) is 12.2 Å². The van der Waals surface area contributed by atoms with Gasteiger partial charge in [0, 0.05) is 40.4 Å². The van der Waals surface area contributed by atoms with Gasteiger partial charge in [-0.1, -0.05) is 13.8 Å². The molecule has 0 aromatic carbocycles. The van der Waals surface area contributed by atoms with Gasteiger partial charge < -0.3 is 10.1 Å². The summed E-state index contributed by atoms with van der Waals surface area (Å²) in [6, 6.07) is 2.74. The van der Waals surface area contributed by atoms with E-state index in [0.717, 1.165) is 19.6 Å². The maximum atomic E-state index is 6.12. The second kappa shape index (κ2) is 7.90. The van der Waals surface area contributed by atoms with Gasteiger partial charge in [-0.15, -0.1) is 11.3 Å². The summed E-state index contributed by atoms with van der Waals surface area (Å²) in [5.74, 6) is 0. The third-order valence-electron chi connectivity index (χ3n) is 3.51. The Morgan fingerprint density at radius 2 is 2.20 bits per heavy atom. The van der Waals surface area contributed by atoms with Crippen LogP contribution >= 0.6 is 27.3 Å². The van der Waals surface area contributed by atoms with Crippen molar-refractivity contribution >= 4 is 27.3 Å². The van der Waals surface area contributed by atoms with Crippen molar-refractivity contribution in [3.8, 4) is 0 Å². The molecule has 1 aromatic heterocycles. The Bertz CT molecular complexity index is 410. The molecule has 0 radical (unpaired) electrons. The second-order valence-electron chi connectivity index (χ2n) is 5.95. The Morgan fingerprint density at radius 3 is 2.85 bits per heavy atom. The van der Waals surface area contributed by atoms with Gasteiger partial charge in [-0.25, -0.2) is 0 Å². The smallest absolute Gasteiger partial charge is 0.0707 e. The van der Waals surface area contributed by atoms with E-state index >= 15 is 0 Å². The van der Waals surface area contributed by atoms with Crippen LogP contribution in [0.1, 0.15) is 31.6 Å². The molecule has 1 fully saturated rings. The van der Waals surface area contributed by atoms with Crippen LogP contribution in [0.25, 0.3) is 0 Å². The van der Waals surface area contributed by atoms with Crippen molar-refractivity contribution in [3.05, 3.63) is 20.8 Å². The number of rotatable bonds is 7. The van der Waals surface area contributed by atoms with Crippen LogP contribution in [0.2, 0.25) is 0 Å². The summed E-state index contributed by atoms with van der Waals surface area (Å²) in [5, 5.41) is 5.60. The number of likely N-dealkylation sites (N-methyl/N-ethyl adjacent to an activating group) is 1. The number of hydrogen-bond donors (Lipinski definition) is 1. The standard InChI is InChI=1S/C15H25BrN2OS/c1-11(2)17-7-13-4-5-14(19-13)8-18(3)9-15-6-12(16)10-20-15/h6,10-11,13-14,17H,4-5,7-9H2,1-3H3. The van der Waals surface area contributed by atoms with Gasteiger partial charge in [-0.3, -0.25) is 4.90 Å². The molecule has 0 saturated carbocycles. The zero-order chi connectivity index (χ0) is 14.5. The van der Waals surface area contributed by atoms with E-state index in [9.17, 15) is 0 Å². The largest absolute Gasteiger partial charge is 0.372 e. The molecule has 2 rings (SSSR count). The highest BCUT2D eigenvalue weighted by Gasteiger charge is 2.26. The summed E-state index contributed by atoms with van der Waals surface area (Å²) in [6.07, 6.45) is 3.15. The van der Waals surface area contributed by atoms with Crippen molar-refractivity contribution in [2.24, 2.45) is 0 Å². The van der Waals surface area contributed by atoms with E-state index in [1.165, 1.54) is 22.2 Å². The summed E-state index contributed by atoms with van der Waals surface area (Å²) in [6.45, 7) is 7.37. The van der Waals surface area contributed by atoms with E-state index in [-0.39, 0.29) is 0 Å². The fourth-order valence-corrected chi connectivity index (χ4v) is 4.08. The molecule has 1 aliphatic heterocycles. The number of nitrogens with one attached hydrogen (secondary N) is 1. The normalized spacial score (nSPS) is 23.1.